The van der Waals surface area contributed by atoms with Crippen LogP contribution in [0.15, 0.2) is 15.9 Å². The average Bonchev–Trinajstić information content (AvgIpc) is 2.81. The average molecular weight is 361 g/mol. The number of hydrogen-bond donors (Lipinski definition) is 2. The van der Waals surface area contributed by atoms with E-state index in [1.807, 2.05) is 11.4 Å². The van der Waals surface area contributed by atoms with Crippen molar-refractivity contribution in [3.63, 3.8) is 0 Å². The molecule has 1 unspecified atom stereocenters. The number of carboxylic acid groups (broad SMARTS) is 1. The van der Waals surface area contributed by atoms with Gasteiger partial charge < -0.3 is 15.3 Å². The van der Waals surface area contributed by atoms with Gasteiger partial charge in [-0.25, -0.2) is 4.79 Å². The third kappa shape index (κ3) is 4.21. The summed E-state index contributed by atoms with van der Waals surface area (Å²) in [7, 11) is 0. The van der Waals surface area contributed by atoms with Gasteiger partial charge >= 0.3 is 12.0 Å². The molecule has 20 heavy (non-hydrogen) atoms. The number of likely N-dealkylation sites (tertiary alicyclic amines) is 1. The van der Waals surface area contributed by atoms with Crippen LogP contribution in [-0.2, 0) is 11.3 Å². The number of nitrogens with one attached hydrogen (secondary N) is 1. The van der Waals surface area contributed by atoms with Crippen LogP contribution in [0.25, 0.3) is 0 Å². The number of thiophene rings is 1. The first-order valence-corrected chi connectivity index (χ1v) is 8.20. The maximum Gasteiger partial charge on any atom is 0.317 e. The first kappa shape index (κ1) is 15.3. The first-order valence-electron chi connectivity index (χ1n) is 6.52. The normalized spacial score (nSPS) is 18.9. The Kier molecular flexibility index (Phi) is 5.42. The minimum atomic E-state index is -0.792. The molecule has 1 aromatic heterocycles. The van der Waals surface area contributed by atoms with Crippen molar-refractivity contribution >= 4 is 39.3 Å². The van der Waals surface area contributed by atoms with Gasteiger partial charge in [0, 0.05) is 28.9 Å². The highest BCUT2D eigenvalue weighted by atomic mass is 79.9. The first-order chi connectivity index (χ1) is 9.56. The van der Waals surface area contributed by atoms with Gasteiger partial charge in [-0.3, -0.25) is 4.79 Å². The summed E-state index contributed by atoms with van der Waals surface area (Å²) in [6, 6.07) is 1.84. The van der Waals surface area contributed by atoms with Crippen molar-refractivity contribution in [2.75, 3.05) is 13.1 Å². The molecule has 1 aromatic rings. The SMILES string of the molecule is O=C(O)CC1CCCN(C(=O)NCc2sccc2Br)C1. The monoisotopic (exact) mass is 360 g/mol. The van der Waals surface area contributed by atoms with Crippen molar-refractivity contribution in [2.45, 2.75) is 25.8 Å². The molecule has 0 aromatic carbocycles. The van der Waals surface area contributed by atoms with Crippen LogP contribution < -0.4 is 5.32 Å². The number of rotatable bonds is 4. The van der Waals surface area contributed by atoms with Gasteiger partial charge in [-0.1, -0.05) is 0 Å². The zero-order chi connectivity index (χ0) is 14.5. The number of nitrogens with zero attached hydrogens (tertiary/aromatic N) is 1. The van der Waals surface area contributed by atoms with Gasteiger partial charge in [0.15, 0.2) is 0 Å². The Hall–Kier alpha value is -1.08. The van der Waals surface area contributed by atoms with Crippen molar-refractivity contribution in [1.29, 1.82) is 0 Å². The molecule has 7 heteroatoms. The number of halogens is 1. The Labute approximate surface area is 130 Å². The fraction of sp³-hybridized carbons (Fsp3) is 0.538. The summed E-state index contributed by atoms with van der Waals surface area (Å²) in [4.78, 5) is 25.6. The summed E-state index contributed by atoms with van der Waals surface area (Å²) in [5.41, 5.74) is 0. The third-order valence-corrected chi connectivity index (χ3v) is 5.29. The molecule has 0 spiro atoms. The molecule has 0 bridgehead atoms. The second-order valence-corrected chi connectivity index (χ2v) is 6.76. The molecule has 0 radical (unpaired) electrons. The Morgan fingerprint density at radius 3 is 3.00 bits per heavy atom. The van der Waals surface area contributed by atoms with Gasteiger partial charge in [-0.15, -0.1) is 11.3 Å². The number of amides is 2. The Bertz CT molecular complexity index is 492. The van der Waals surface area contributed by atoms with E-state index in [1.165, 1.54) is 0 Å². The van der Waals surface area contributed by atoms with Crippen molar-refractivity contribution in [1.82, 2.24) is 10.2 Å². The van der Waals surface area contributed by atoms with Gasteiger partial charge in [-0.05, 0) is 46.1 Å². The molecule has 1 saturated heterocycles. The molecule has 110 valence electrons. The van der Waals surface area contributed by atoms with Gasteiger partial charge in [0.1, 0.15) is 0 Å². The van der Waals surface area contributed by atoms with E-state index in [4.69, 9.17) is 5.11 Å². The zero-order valence-electron chi connectivity index (χ0n) is 11.0. The van der Waals surface area contributed by atoms with Gasteiger partial charge in [0.25, 0.3) is 0 Å². The Morgan fingerprint density at radius 2 is 2.35 bits per heavy atom. The minimum Gasteiger partial charge on any atom is -0.481 e. The highest BCUT2D eigenvalue weighted by Crippen LogP contribution is 2.23. The van der Waals surface area contributed by atoms with Crippen molar-refractivity contribution < 1.29 is 14.7 Å². The molecule has 2 heterocycles. The van der Waals surface area contributed by atoms with Crippen LogP contribution in [0.3, 0.4) is 0 Å². The number of carboxylic acids is 1. The number of urea groups is 1. The molecule has 2 rings (SSSR count). The summed E-state index contributed by atoms with van der Waals surface area (Å²) in [5.74, 6) is -0.722. The lowest BCUT2D eigenvalue weighted by atomic mass is 9.95. The van der Waals surface area contributed by atoms with Gasteiger partial charge in [0.05, 0.1) is 6.54 Å². The highest BCUT2D eigenvalue weighted by Gasteiger charge is 2.25. The van der Waals surface area contributed by atoms with Crippen molar-refractivity contribution in [3.8, 4) is 0 Å². The second kappa shape index (κ2) is 7.08. The molecule has 1 aliphatic heterocycles. The number of piperidine rings is 1. The molecule has 2 N–H and O–H groups in total. The van der Waals surface area contributed by atoms with Gasteiger partial charge in [0.2, 0.25) is 0 Å². The van der Waals surface area contributed by atoms with E-state index in [0.29, 0.717) is 19.6 Å². The maximum atomic E-state index is 12.1. The number of carbonyl (C=O) groups excluding carboxylic acids is 1. The summed E-state index contributed by atoms with van der Waals surface area (Å²) < 4.78 is 1.00. The number of carbonyl (C=O) groups is 2. The minimum absolute atomic E-state index is 0.0699. The smallest absolute Gasteiger partial charge is 0.317 e. The van der Waals surface area contributed by atoms with Crippen LogP contribution >= 0.6 is 27.3 Å². The fourth-order valence-corrected chi connectivity index (χ4v) is 3.81. The fourth-order valence-electron chi connectivity index (χ4n) is 2.38. The molecule has 0 aliphatic carbocycles. The number of aliphatic carboxylic acids is 1. The summed E-state index contributed by atoms with van der Waals surface area (Å²) >= 11 is 5.02. The van der Waals surface area contributed by atoms with E-state index in [0.717, 1.165) is 22.2 Å². The van der Waals surface area contributed by atoms with E-state index >= 15 is 0 Å². The summed E-state index contributed by atoms with van der Waals surface area (Å²) in [6.07, 6.45) is 1.89. The van der Waals surface area contributed by atoms with Crippen LogP contribution in [0, 0.1) is 5.92 Å². The van der Waals surface area contributed by atoms with Gasteiger partial charge in [-0.2, -0.15) is 0 Å². The Morgan fingerprint density at radius 1 is 1.55 bits per heavy atom. The van der Waals surface area contributed by atoms with E-state index in [9.17, 15) is 9.59 Å². The molecule has 2 amide bonds. The van der Waals surface area contributed by atoms with Crippen LogP contribution in [0.5, 0.6) is 0 Å². The zero-order valence-corrected chi connectivity index (χ0v) is 13.4. The molecule has 1 fully saturated rings. The van der Waals surface area contributed by atoms with Crippen molar-refractivity contribution in [3.05, 3.63) is 20.8 Å². The number of hydrogen-bond acceptors (Lipinski definition) is 3. The summed E-state index contributed by atoms with van der Waals surface area (Å²) in [5, 5.41) is 13.7. The van der Waals surface area contributed by atoms with E-state index < -0.39 is 5.97 Å². The molecule has 0 saturated carbocycles. The van der Waals surface area contributed by atoms with Crippen LogP contribution in [0.2, 0.25) is 0 Å². The summed E-state index contributed by atoms with van der Waals surface area (Å²) in [6.45, 7) is 1.73. The van der Waals surface area contributed by atoms with E-state index in [2.05, 4.69) is 21.2 Å². The van der Waals surface area contributed by atoms with Crippen LogP contribution in [0.4, 0.5) is 4.79 Å². The van der Waals surface area contributed by atoms with E-state index in [-0.39, 0.29) is 18.4 Å². The molecule has 1 atom stereocenters. The quantitative estimate of drug-likeness (QED) is 0.867. The molecular formula is C13H17BrN2O3S. The molecule has 5 nitrogen and oxygen atoms in total. The topological polar surface area (TPSA) is 69.6 Å². The van der Waals surface area contributed by atoms with Crippen LogP contribution in [0.1, 0.15) is 24.1 Å². The highest BCUT2D eigenvalue weighted by molar-refractivity contribution is 9.10. The maximum absolute atomic E-state index is 12.1. The van der Waals surface area contributed by atoms with Crippen LogP contribution in [-0.4, -0.2) is 35.1 Å². The van der Waals surface area contributed by atoms with E-state index in [1.54, 1.807) is 16.2 Å². The lowest BCUT2D eigenvalue weighted by Gasteiger charge is -2.32. The Balaban J connectivity index is 1.82. The standard InChI is InChI=1S/C13H17BrN2O3S/c14-10-3-5-20-11(10)7-15-13(19)16-4-1-2-9(8-16)6-12(17)18/h3,5,9H,1-2,4,6-8H2,(H,15,19)(H,17,18). The molecule has 1 aliphatic rings. The predicted molar refractivity (Wildman–Crippen MR) is 80.8 cm³/mol. The lowest BCUT2D eigenvalue weighted by molar-refractivity contribution is -0.138. The largest absolute Gasteiger partial charge is 0.481 e. The third-order valence-electron chi connectivity index (χ3n) is 3.36. The lowest BCUT2D eigenvalue weighted by Crippen LogP contribution is -2.45. The predicted octanol–water partition coefficient (Wildman–Crippen LogP) is 2.91. The second-order valence-electron chi connectivity index (χ2n) is 4.90. The molecular weight excluding hydrogens is 344 g/mol. The van der Waals surface area contributed by atoms with Crippen molar-refractivity contribution in [2.24, 2.45) is 5.92 Å².